The largest absolute Gasteiger partial charge is 0.508 e. The van der Waals surface area contributed by atoms with Crippen LogP contribution in [0.5, 0.6) is 5.75 Å². The normalized spacial score (nSPS) is 10.1. The van der Waals surface area contributed by atoms with E-state index in [-0.39, 0.29) is 23.7 Å². The molecule has 0 heterocycles. The number of aromatic hydroxyl groups is 1. The van der Waals surface area contributed by atoms with Crippen molar-refractivity contribution in [3.05, 3.63) is 64.7 Å². The number of carbonyl (C=O) groups is 2. The summed E-state index contributed by atoms with van der Waals surface area (Å²) in [6.45, 7) is -0.380. The van der Waals surface area contributed by atoms with E-state index < -0.39 is 5.97 Å². The van der Waals surface area contributed by atoms with E-state index >= 15 is 0 Å². The Morgan fingerprint density at radius 2 is 1.75 bits per heavy atom. The molecule has 0 amide bonds. The minimum absolute atomic E-state index is 0.0411. The van der Waals surface area contributed by atoms with Crippen LogP contribution in [0.1, 0.15) is 20.7 Å². The number of ketones is 1. The zero-order chi connectivity index (χ0) is 14.5. The molecule has 0 unspecified atom stereocenters. The zero-order valence-electron chi connectivity index (χ0n) is 10.4. The van der Waals surface area contributed by atoms with Crippen LogP contribution in [0.3, 0.4) is 0 Å². The van der Waals surface area contributed by atoms with E-state index in [0.29, 0.717) is 10.6 Å². The van der Waals surface area contributed by atoms with Crippen LogP contribution >= 0.6 is 11.6 Å². The van der Waals surface area contributed by atoms with E-state index in [1.54, 1.807) is 18.2 Å². The Balaban J connectivity index is 1.98. The molecule has 0 radical (unpaired) electrons. The Kier molecular flexibility index (Phi) is 4.38. The topological polar surface area (TPSA) is 63.6 Å². The highest BCUT2D eigenvalue weighted by Gasteiger charge is 2.12. The predicted octanol–water partition coefficient (Wildman–Crippen LogP) is 3.09. The maximum absolute atomic E-state index is 11.8. The molecule has 0 aliphatic heterocycles. The minimum atomic E-state index is -0.670. The molecule has 1 N–H and O–H groups in total. The lowest BCUT2D eigenvalue weighted by Gasteiger charge is -2.05. The summed E-state index contributed by atoms with van der Waals surface area (Å²) in [5.74, 6) is -1.06. The molecule has 2 aromatic carbocycles. The van der Waals surface area contributed by atoms with Gasteiger partial charge in [0.25, 0.3) is 0 Å². The van der Waals surface area contributed by atoms with Crippen LogP contribution in [0.15, 0.2) is 48.5 Å². The number of phenolic OH excluding ortho intramolecular Hbond substituents is 1. The summed E-state index contributed by atoms with van der Waals surface area (Å²) in [6, 6.07) is 12.1. The molecule has 0 aliphatic carbocycles. The van der Waals surface area contributed by atoms with Gasteiger partial charge in [-0.05, 0) is 30.3 Å². The van der Waals surface area contributed by atoms with Crippen molar-refractivity contribution in [2.45, 2.75) is 0 Å². The second-order valence-corrected chi connectivity index (χ2v) is 4.50. The molecular formula is C15H11ClO4. The SMILES string of the molecule is O=C(COC(=O)c1cccc(O)c1)c1cccc(Cl)c1. The quantitative estimate of drug-likeness (QED) is 0.694. The summed E-state index contributed by atoms with van der Waals surface area (Å²) in [6.07, 6.45) is 0. The first-order valence-electron chi connectivity index (χ1n) is 5.81. The van der Waals surface area contributed by atoms with E-state index in [9.17, 15) is 14.7 Å². The highest BCUT2D eigenvalue weighted by atomic mass is 35.5. The number of halogens is 1. The number of benzene rings is 2. The van der Waals surface area contributed by atoms with E-state index in [1.807, 2.05) is 0 Å². The fraction of sp³-hybridized carbons (Fsp3) is 0.0667. The zero-order valence-corrected chi connectivity index (χ0v) is 11.1. The first kappa shape index (κ1) is 14.1. The summed E-state index contributed by atoms with van der Waals surface area (Å²) in [5.41, 5.74) is 0.560. The number of esters is 1. The highest BCUT2D eigenvalue weighted by Crippen LogP contribution is 2.13. The average molecular weight is 291 g/mol. The van der Waals surface area contributed by atoms with Gasteiger partial charge in [-0.1, -0.05) is 29.8 Å². The van der Waals surface area contributed by atoms with E-state index in [0.717, 1.165) is 0 Å². The molecule has 0 aliphatic rings. The van der Waals surface area contributed by atoms with Gasteiger partial charge in [-0.15, -0.1) is 0 Å². The second kappa shape index (κ2) is 6.21. The van der Waals surface area contributed by atoms with Gasteiger partial charge in [-0.2, -0.15) is 0 Å². The van der Waals surface area contributed by atoms with Crippen LogP contribution in [0.2, 0.25) is 5.02 Å². The van der Waals surface area contributed by atoms with E-state index in [4.69, 9.17) is 16.3 Å². The van der Waals surface area contributed by atoms with Crippen molar-refractivity contribution >= 4 is 23.4 Å². The molecule has 4 nitrogen and oxygen atoms in total. The van der Waals surface area contributed by atoms with E-state index in [2.05, 4.69) is 0 Å². The number of hydrogen-bond acceptors (Lipinski definition) is 4. The molecule has 0 fully saturated rings. The summed E-state index contributed by atoms with van der Waals surface area (Å²) in [5, 5.41) is 9.70. The van der Waals surface area contributed by atoms with Crippen molar-refractivity contribution in [2.75, 3.05) is 6.61 Å². The molecule has 2 aromatic rings. The first-order valence-corrected chi connectivity index (χ1v) is 6.19. The summed E-state index contributed by atoms with van der Waals surface area (Å²) in [7, 11) is 0. The van der Waals surface area contributed by atoms with Gasteiger partial charge < -0.3 is 9.84 Å². The van der Waals surface area contributed by atoms with Crippen molar-refractivity contribution in [1.82, 2.24) is 0 Å². The lowest BCUT2D eigenvalue weighted by atomic mass is 10.1. The maximum atomic E-state index is 11.8. The molecule has 0 atom stereocenters. The molecule has 20 heavy (non-hydrogen) atoms. The molecule has 5 heteroatoms. The first-order chi connectivity index (χ1) is 9.56. The fourth-order valence-electron chi connectivity index (χ4n) is 1.59. The Morgan fingerprint density at radius 1 is 1.05 bits per heavy atom. The van der Waals surface area contributed by atoms with Crippen molar-refractivity contribution in [3.8, 4) is 5.75 Å². The number of phenols is 1. The molecule has 0 bridgehead atoms. The van der Waals surface area contributed by atoms with Gasteiger partial charge in [0.2, 0.25) is 0 Å². The fourth-order valence-corrected chi connectivity index (χ4v) is 1.78. The van der Waals surface area contributed by atoms with E-state index in [1.165, 1.54) is 30.3 Å². The molecule has 0 saturated heterocycles. The Labute approximate surface area is 120 Å². The predicted molar refractivity (Wildman–Crippen MR) is 74.2 cm³/mol. The van der Waals surface area contributed by atoms with Crippen LogP contribution in [-0.4, -0.2) is 23.5 Å². The van der Waals surface area contributed by atoms with Gasteiger partial charge in [0.15, 0.2) is 12.4 Å². The average Bonchev–Trinajstić information content (AvgIpc) is 2.44. The third-order valence-electron chi connectivity index (χ3n) is 2.56. The second-order valence-electron chi connectivity index (χ2n) is 4.06. The highest BCUT2D eigenvalue weighted by molar-refractivity contribution is 6.31. The third kappa shape index (κ3) is 3.59. The minimum Gasteiger partial charge on any atom is -0.508 e. The standard InChI is InChI=1S/C15H11ClO4/c16-12-5-1-3-10(7-12)14(18)9-20-15(19)11-4-2-6-13(17)8-11/h1-8,17H,9H2. The summed E-state index contributed by atoms with van der Waals surface area (Å²) >= 11 is 5.78. The Hall–Kier alpha value is -2.33. The van der Waals surface area contributed by atoms with Gasteiger partial charge in [-0.25, -0.2) is 4.79 Å². The van der Waals surface area contributed by atoms with Crippen LogP contribution in [0.4, 0.5) is 0 Å². The number of carbonyl (C=O) groups excluding carboxylic acids is 2. The number of ether oxygens (including phenoxy) is 1. The lowest BCUT2D eigenvalue weighted by Crippen LogP contribution is -2.14. The number of hydrogen-bond donors (Lipinski definition) is 1. The lowest BCUT2D eigenvalue weighted by molar-refractivity contribution is 0.0474. The summed E-state index contributed by atoms with van der Waals surface area (Å²) in [4.78, 5) is 23.5. The van der Waals surface area contributed by atoms with Crippen molar-refractivity contribution in [3.63, 3.8) is 0 Å². The number of rotatable bonds is 4. The van der Waals surface area contributed by atoms with Gasteiger partial charge in [-0.3, -0.25) is 4.79 Å². The van der Waals surface area contributed by atoms with Crippen LogP contribution in [-0.2, 0) is 4.74 Å². The molecule has 0 spiro atoms. The van der Waals surface area contributed by atoms with Crippen LogP contribution in [0.25, 0.3) is 0 Å². The van der Waals surface area contributed by atoms with Crippen molar-refractivity contribution < 1.29 is 19.4 Å². The molecule has 0 saturated carbocycles. The third-order valence-corrected chi connectivity index (χ3v) is 2.80. The van der Waals surface area contributed by atoms with Gasteiger partial charge in [0.05, 0.1) is 5.56 Å². The monoisotopic (exact) mass is 290 g/mol. The molecule has 102 valence electrons. The van der Waals surface area contributed by atoms with Gasteiger partial charge in [0.1, 0.15) is 5.75 Å². The molecular weight excluding hydrogens is 280 g/mol. The maximum Gasteiger partial charge on any atom is 0.338 e. The van der Waals surface area contributed by atoms with Gasteiger partial charge >= 0.3 is 5.97 Å². The van der Waals surface area contributed by atoms with Gasteiger partial charge in [0, 0.05) is 10.6 Å². The molecule has 2 rings (SSSR count). The Bertz CT molecular complexity index is 594. The van der Waals surface area contributed by atoms with Crippen molar-refractivity contribution in [2.24, 2.45) is 0 Å². The van der Waals surface area contributed by atoms with Crippen LogP contribution < -0.4 is 0 Å². The smallest absolute Gasteiger partial charge is 0.338 e. The molecule has 0 aromatic heterocycles. The Morgan fingerprint density at radius 3 is 2.45 bits per heavy atom. The van der Waals surface area contributed by atoms with Crippen LogP contribution in [0, 0.1) is 0 Å². The van der Waals surface area contributed by atoms with Crippen molar-refractivity contribution in [1.29, 1.82) is 0 Å². The number of Topliss-reactive ketones (excluding diaryl/α,β-unsaturated/α-hetero) is 1. The summed E-state index contributed by atoms with van der Waals surface area (Å²) < 4.78 is 4.90.